The predicted molar refractivity (Wildman–Crippen MR) is 70.7 cm³/mol. The number of carboxylic acids is 1. The first-order valence-electron chi connectivity index (χ1n) is 6.54. The molecule has 2 aromatic rings. The average Bonchev–Trinajstić information content (AvgIpc) is 2.93. The zero-order valence-corrected chi connectivity index (χ0v) is 11.0. The average molecular weight is 262 g/mol. The fourth-order valence-electron chi connectivity index (χ4n) is 2.97. The summed E-state index contributed by atoms with van der Waals surface area (Å²) in [6, 6.07) is 3.76. The van der Waals surface area contributed by atoms with Crippen LogP contribution in [0.2, 0.25) is 0 Å². The Kier molecular flexibility index (Phi) is 3.12. The van der Waals surface area contributed by atoms with Crippen molar-refractivity contribution in [3.05, 3.63) is 23.2 Å². The Balaban J connectivity index is 1.94. The number of nitrogens with zero attached hydrogens (tertiary/aromatic N) is 1. The normalized spacial score (nSPS) is 17.3. The van der Waals surface area contributed by atoms with E-state index in [1.165, 1.54) is 32.1 Å². The number of carbonyl (C=O) groups is 1. The number of aromatic carboxylic acids is 1. The van der Waals surface area contributed by atoms with Crippen LogP contribution in [0.5, 0.6) is 0 Å². The second kappa shape index (κ2) is 4.76. The zero-order valence-electron chi connectivity index (χ0n) is 10.2. The maximum Gasteiger partial charge on any atom is 0.0880 e. The lowest BCUT2D eigenvalue weighted by Crippen LogP contribution is -2.27. The van der Waals surface area contributed by atoms with E-state index >= 15 is 0 Å². The van der Waals surface area contributed by atoms with Crippen molar-refractivity contribution in [3.8, 4) is 0 Å². The Morgan fingerprint density at radius 3 is 2.89 bits per heavy atom. The van der Waals surface area contributed by atoms with Crippen molar-refractivity contribution in [3.63, 3.8) is 0 Å². The molecule has 4 heteroatoms. The molecule has 0 saturated heterocycles. The topological polar surface area (TPSA) is 45.1 Å². The number of aromatic nitrogens is 1. The number of thiophene rings is 1. The molecule has 96 valence electrons. The van der Waals surface area contributed by atoms with Gasteiger partial charge in [0, 0.05) is 6.54 Å². The highest BCUT2D eigenvalue weighted by Crippen LogP contribution is 2.30. The van der Waals surface area contributed by atoms with Crippen LogP contribution in [-0.2, 0) is 6.54 Å². The zero-order chi connectivity index (χ0) is 12.5. The molecule has 0 aromatic carbocycles. The minimum absolute atomic E-state index is 0.336. The fraction of sp³-hybridized carbons (Fsp3) is 0.500. The van der Waals surface area contributed by atoms with Gasteiger partial charge in [0.1, 0.15) is 0 Å². The second-order valence-electron chi connectivity index (χ2n) is 5.10. The Morgan fingerprint density at radius 1 is 1.39 bits per heavy atom. The first-order valence-corrected chi connectivity index (χ1v) is 7.42. The van der Waals surface area contributed by atoms with Crippen molar-refractivity contribution in [2.75, 3.05) is 0 Å². The lowest BCUT2D eigenvalue weighted by atomic mass is 9.89. The highest BCUT2D eigenvalue weighted by atomic mass is 32.1. The van der Waals surface area contributed by atoms with Crippen molar-refractivity contribution < 1.29 is 9.90 Å². The molecule has 0 bridgehead atoms. The first kappa shape index (κ1) is 11.8. The highest BCUT2D eigenvalue weighted by Gasteiger charge is 2.17. The molecule has 0 unspecified atom stereocenters. The van der Waals surface area contributed by atoms with E-state index in [0.717, 1.165) is 16.8 Å². The highest BCUT2D eigenvalue weighted by molar-refractivity contribution is 7.17. The number of hydrogen-bond acceptors (Lipinski definition) is 3. The monoisotopic (exact) mass is 262 g/mol. The van der Waals surface area contributed by atoms with E-state index in [1.54, 1.807) is 17.4 Å². The summed E-state index contributed by atoms with van der Waals surface area (Å²) in [6.45, 7) is 0.823. The molecular weight excluding hydrogens is 246 g/mol. The third-order valence-electron chi connectivity index (χ3n) is 3.90. The molecule has 2 heterocycles. The molecule has 0 N–H and O–H groups in total. The second-order valence-corrected chi connectivity index (χ2v) is 6.05. The predicted octanol–water partition coefficient (Wildman–Crippen LogP) is 2.65. The molecule has 0 atom stereocenters. The summed E-state index contributed by atoms with van der Waals surface area (Å²) in [7, 11) is 0. The molecule has 2 aromatic heterocycles. The summed E-state index contributed by atoms with van der Waals surface area (Å²) in [5, 5.41) is 13.2. The Morgan fingerprint density at radius 2 is 2.17 bits per heavy atom. The van der Waals surface area contributed by atoms with Gasteiger partial charge in [-0.05, 0) is 36.3 Å². The molecular formula is C14H16NO2S-. The molecule has 3 nitrogen and oxygen atoms in total. The molecule has 3 rings (SSSR count). The molecule has 0 amide bonds. The maximum atomic E-state index is 11.2. The molecule has 18 heavy (non-hydrogen) atoms. The van der Waals surface area contributed by atoms with Gasteiger partial charge in [-0.1, -0.05) is 19.3 Å². The van der Waals surface area contributed by atoms with Crippen LogP contribution < -0.4 is 5.11 Å². The van der Waals surface area contributed by atoms with Gasteiger partial charge in [0.25, 0.3) is 0 Å². The van der Waals surface area contributed by atoms with Crippen molar-refractivity contribution >= 4 is 27.5 Å². The van der Waals surface area contributed by atoms with E-state index in [2.05, 4.69) is 0 Å². The van der Waals surface area contributed by atoms with Crippen LogP contribution in [0.25, 0.3) is 10.2 Å². The summed E-state index contributed by atoms with van der Waals surface area (Å²) in [5.74, 6) is -0.443. The molecule has 1 aliphatic rings. The van der Waals surface area contributed by atoms with Crippen LogP contribution >= 0.6 is 11.3 Å². The minimum Gasteiger partial charge on any atom is -0.543 e. The van der Waals surface area contributed by atoms with Gasteiger partial charge in [0.15, 0.2) is 0 Å². The smallest absolute Gasteiger partial charge is 0.0880 e. The number of hydrogen-bond donors (Lipinski definition) is 0. The van der Waals surface area contributed by atoms with E-state index in [-0.39, 0.29) is 0 Å². The third kappa shape index (κ3) is 2.05. The van der Waals surface area contributed by atoms with E-state index in [9.17, 15) is 9.90 Å². The lowest BCUT2D eigenvalue weighted by molar-refractivity contribution is -0.255. The van der Waals surface area contributed by atoms with E-state index in [0.29, 0.717) is 11.6 Å². The summed E-state index contributed by atoms with van der Waals surface area (Å²) in [5.41, 5.74) is 1.38. The van der Waals surface area contributed by atoms with Crippen LogP contribution in [0.3, 0.4) is 0 Å². The number of carboxylic acid groups (broad SMARTS) is 1. The first-order chi connectivity index (χ1) is 8.75. The summed E-state index contributed by atoms with van der Waals surface area (Å²) in [6.07, 6.45) is 6.31. The summed E-state index contributed by atoms with van der Waals surface area (Å²) in [4.78, 5) is 11.2. The Hall–Kier alpha value is -1.29. The molecule has 1 aliphatic carbocycles. The van der Waals surface area contributed by atoms with Crippen molar-refractivity contribution in [1.29, 1.82) is 0 Å². The SMILES string of the molecule is O=C([O-])c1cc2sccc2n1CC1CCCCC1. The largest absolute Gasteiger partial charge is 0.543 e. The van der Waals surface area contributed by atoms with E-state index in [1.807, 2.05) is 16.0 Å². The molecule has 0 spiro atoms. The lowest BCUT2D eigenvalue weighted by Gasteiger charge is -2.23. The number of fused-ring (bicyclic) bond motifs is 1. The van der Waals surface area contributed by atoms with Crippen LogP contribution in [0.1, 0.15) is 42.6 Å². The standard InChI is InChI=1S/C14H17NO2S/c16-14(17)12-8-13-11(6-7-18-13)15(12)9-10-4-2-1-3-5-10/h6-8,10H,1-5,9H2,(H,16,17)/p-1. The van der Waals surface area contributed by atoms with Gasteiger partial charge in [-0.3, -0.25) is 0 Å². The van der Waals surface area contributed by atoms with Crippen molar-refractivity contribution in [1.82, 2.24) is 4.57 Å². The quantitative estimate of drug-likeness (QED) is 0.853. The van der Waals surface area contributed by atoms with Crippen molar-refractivity contribution in [2.45, 2.75) is 38.6 Å². The van der Waals surface area contributed by atoms with Crippen LogP contribution in [0.4, 0.5) is 0 Å². The molecule has 0 aliphatic heterocycles. The molecule has 1 fully saturated rings. The fourth-order valence-corrected chi connectivity index (χ4v) is 3.79. The van der Waals surface area contributed by atoms with Gasteiger partial charge >= 0.3 is 0 Å². The van der Waals surface area contributed by atoms with Crippen LogP contribution in [0.15, 0.2) is 17.5 Å². The summed E-state index contributed by atoms with van der Waals surface area (Å²) < 4.78 is 2.99. The van der Waals surface area contributed by atoms with Crippen LogP contribution in [0, 0.1) is 5.92 Å². The maximum absolute atomic E-state index is 11.2. The summed E-state index contributed by atoms with van der Waals surface area (Å²) >= 11 is 1.59. The van der Waals surface area contributed by atoms with Gasteiger partial charge in [-0.15, -0.1) is 11.3 Å². The van der Waals surface area contributed by atoms with Gasteiger partial charge in [-0.25, -0.2) is 0 Å². The van der Waals surface area contributed by atoms with Crippen LogP contribution in [-0.4, -0.2) is 10.5 Å². The van der Waals surface area contributed by atoms with Gasteiger partial charge in [-0.2, -0.15) is 0 Å². The molecule has 0 radical (unpaired) electrons. The minimum atomic E-state index is -1.06. The van der Waals surface area contributed by atoms with E-state index in [4.69, 9.17) is 0 Å². The Labute approximate surface area is 110 Å². The number of rotatable bonds is 3. The van der Waals surface area contributed by atoms with Crippen molar-refractivity contribution in [2.24, 2.45) is 5.92 Å². The Bertz CT molecular complexity index is 563. The third-order valence-corrected chi connectivity index (χ3v) is 4.75. The van der Waals surface area contributed by atoms with Gasteiger partial charge in [0.2, 0.25) is 0 Å². The van der Waals surface area contributed by atoms with E-state index < -0.39 is 5.97 Å². The molecule has 1 saturated carbocycles. The van der Waals surface area contributed by atoms with Gasteiger partial charge in [0.05, 0.1) is 21.9 Å². The van der Waals surface area contributed by atoms with Gasteiger partial charge < -0.3 is 14.5 Å². The number of carbonyl (C=O) groups excluding carboxylic acids is 1.